The summed E-state index contributed by atoms with van der Waals surface area (Å²) in [4.78, 5) is 12.4. The van der Waals surface area contributed by atoms with Gasteiger partial charge in [0.15, 0.2) is 0 Å². The van der Waals surface area contributed by atoms with Gasteiger partial charge >= 0.3 is 0 Å². The number of benzene rings is 1. The molecule has 0 aliphatic rings. The highest BCUT2D eigenvalue weighted by Gasteiger charge is 2.30. The van der Waals surface area contributed by atoms with E-state index < -0.39 is 11.4 Å². The molecule has 0 unspecified atom stereocenters. The Balaban J connectivity index is 2.21. The number of rotatable bonds is 3. The number of anilines is 1. The van der Waals surface area contributed by atoms with Gasteiger partial charge < -0.3 is 5.32 Å². The molecule has 5 nitrogen and oxygen atoms in total. The van der Waals surface area contributed by atoms with Crippen LogP contribution in [0, 0.1) is 24.1 Å². The zero-order valence-corrected chi connectivity index (χ0v) is 12.0. The Kier molecular flexibility index (Phi) is 3.76. The fourth-order valence-electron chi connectivity index (χ4n) is 1.79. The number of hydrogen-bond acceptors (Lipinski definition) is 3. The van der Waals surface area contributed by atoms with Crippen LogP contribution in [0.2, 0.25) is 0 Å². The van der Waals surface area contributed by atoms with E-state index in [1.165, 1.54) is 12.1 Å². The first kappa shape index (κ1) is 14.7. The largest absolute Gasteiger partial charge is 0.324 e. The van der Waals surface area contributed by atoms with Crippen molar-refractivity contribution < 1.29 is 9.18 Å². The van der Waals surface area contributed by atoms with Crippen molar-refractivity contribution in [3.05, 3.63) is 47.5 Å². The van der Waals surface area contributed by atoms with Crippen LogP contribution >= 0.6 is 0 Å². The molecule has 0 aliphatic heterocycles. The van der Waals surface area contributed by atoms with Gasteiger partial charge in [-0.3, -0.25) is 9.48 Å². The lowest BCUT2D eigenvalue weighted by atomic mass is 10.0. The number of aryl methyl sites for hydroxylation is 1. The van der Waals surface area contributed by atoms with Gasteiger partial charge in [-0.2, -0.15) is 10.4 Å². The second-order valence-corrected chi connectivity index (χ2v) is 5.28. The highest BCUT2D eigenvalue weighted by molar-refractivity contribution is 5.96. The number of nitrogens with one attached hydrogen (secondary N) is 1. The third-order valence-corrected chi connectivity index (χ3v) is 3.19. The molecule has 21 heavy (non-hydrogen) atoms. The molecule has 6 heteroatoms. The van der Waals surface area contributed by atoms with Crippen LogP contribution in [0.5, 0.6) is 0 Å². The SMILES string of the molecule is Cc1cnn(C(C)(C)C(=O)Nc2ccc(C#N)c(F)c2)c1. The minimum absolute atomic E-state index is 0.0602. The van der Waals surface area contributed by atoms with E-state index in [4.69, 9.17) is 5.26 Å². The minimum atomic E-state index is -0.918. The Bertz CT molecular complexity index is 728. The molecule has 0 radical (unpaired) electrons. The standard InChI is InChI=1S/C15H15FN4O/c1-10-8-18-20(9-10)15(2,3)14(21)19-12-5-4-11(7-17)13(16)6-12/h4-6,8-9H,1-3H3,(H,19,21). The average molecular weight is 286 g/mol. The van der Waals surface area contributed by atoms with E-state index in [2.05, 4.69) is 10.4 Å². The van der Waals surface area contributed by atoms with Crippen LogP contribution in [0.1, 0.15) is 25.0 Å². The highest BCUT2D eigenvalue weighted by Crippen LogP contribution is 2.20. The summed E-state index contributed by atoms with van der Waals surface area (Å²) >= 11 is 0. The van der Waals surface area contributed by atoms with Crippen LogP contribution in [-0.2, 0) is 10.3 Å². The van der Waals surface area contributed by atoms with E-state index in [1.54, 1.807) is 37.0 Å². The van der Waals surface area contributed by atoms with Gasteiger partial charge in [-0.15, -0.1) is 0 Å². The van der Waals surface area contributed by atoms with Crippen LogP contribution in [0.15, 0.2) is 30.6 Å². The Morgan fingerprint density at radius 3 is 2.71 bits per heavy atom. The number of aromatic nitrogens is 2. The first-order chi connectivity index (χ1) is 9.84. The molecule has 2 rings (SSSR count). The zero-order valence-electron chi connectivity index (χ0n) is 12.0. The molecule has 0 fully saturated rings. The molecular formula is C15H15FN4O. The van der Waals surface area contributed by atoms with E-state index in [1.807, 2.05) is 6.92 Å². The lowest BCUT2D eigenvalue weighted by Gasteiger charge is -2.24. The normalized spacial score (nSPS) is 11.0. The van der Waals surface area contributed by atoms with Gasteiger partial charge in [0.1, 0.15) is 17.4 Å². The van der Waals surface area contributed by atoms with Gasteiger partial charge in [-0.05, 0) is 44.5 Å². The monoisotopic (exact) mass is 286 g/mol. The smallest absolute Gasteiger partial charge is 0.251 e. The maximum absolute atomic E-state index is 13.5. The number of hydrogen-bond donors (Lipinski definition) is 1. The fourth-order valence-corrected chi connectivity index (χ4v) is 1.79. The Hall–Kier alpha value is -2.68. The third kappa shape index (κ3) is 2.92. The zero-order chi connectivity index (χ0) is 15.6. The quantitative estimate of drug-likeness (QED) is 0.942. The number of carbonyl (C=O) groups is 1. The molecular weight excluding hydrogens is 271 g/mol. The molecule has 0 bridgehead atoms. The number of carbonyl (C=O) groups excluding carboxylic acids is 1. The van der Waals surface area contributed by atoms with Crippen molar-refractivity contribution in [2.75, 3.05) is 5.32 Å². The van der Waals surface area contributed by atoms with Crippen LogP contribution in [-0.4, -0.2) is 15.7 Å². The second-order valence-electron chi connectivity index (χ2n) is 5.28. The summed E-state index contributed by atoms with van der Waals surface area (Å²) in [5.41, 5.74) is 0.266. The Morgan fingerprint density at radius 2 is 2.19 bits per heavy atom. The van der Waals surface area contributed by atoms with E-state index in [9.17, 15) is 9.18 Å². The highest BCUT2D eigenvalue weighted by atomic mass is 19.1. The maximum atomic E-state index is 13.5. The van der Waals surface area contributed by atoms with Crippen LogP contribution < -0.4 is 5.32 Å². The number of halogens is 1. The van der Waals surface area contributed by atoms with Gasteiger partial charge in [0.25, 0.3) is 5.91 Å². The summed E-state index contributed by atoms with van der Waals surface area (Å²) in [6, 6.07) is 5.68. The second kappa shape index (κ2) is 5.37. The first-order valence-corrected chi connectivity index (χ1v) is 6.37. The predicted molar refractivity (Wildman–Crippen MR) is 76.0 cm³/mol. The van der Waals surface area contributed by atoms with Crippen molar-refractivity contribution in [3.8, 4) is 6.07 Å². The maximum Gasteiger partial charge on any atom is 0.251 e. The van der Waals surface area contributed by atoms with E-state index in [0.717, 1.165) is 11.6 Å². The summed E-state index contributed by atoms with van der Waals surface area (Å²) in [6.45, 7) is 5.32. The van der Waals surface area contributed by atoms with Crippen molar-refractivity contribution in [3.63, 3.8) is 0 Å². The lowest BCUT2D eigenvalue weighted by Crippen LogP contribution is -2.40. The van der Waals surface area contributed by atoms with Crippen molar-refractivity contribution in [2.45, 2.75) is 26.3 Å². The fraction of sp³-hybridized carbons (Fsp3) is 0.267. The van der Waals surface area contributed by atoms with E-state index in [-0.39, 0.29) is 11.5 Å². The summed E-state index contributed by atoms with van der Waals surface area (Å²) in [5, 5.41) is 15.4. The molecule has 108 valence electrons. The molecule has 1 aromatic heterocycles. The van der Waals surface area contributed by atoms with Crippen molar-refractivity contribution >= 4 is 11.6 Å². The van der Waals surface area contributed by atoms with Crippen LogP contribution in [0.3, 0.4) is 0 Å². The molecule has 1 aromatic carbocycles. The topological polar surface area (TPSA) is 70.7 Å². The summed E-state index contributed by atoms with van der Waals surface area (Å²) in [5.74, 6) is -0.988. The predicted octanol–water partition coefficient (Wildman–Crippen LogP) is 2.58. The molecule has 0 spiro atoms. The van der Waals surface area contributed by atoms with Crippen molar-refractivity contribution in [1.29, 1.82) is 5.26 Å². The molecule has 1 heterocycles. The Labute approximate surface area is 122 Å². The van der Waals surface area contributed by atoms with E-state index >= 15 is 0 Å². The molecule has 1 N–H and O–H groups in total. The molecule has 0 atom stereocenters. The first-order valence-electron chi connectivity index (χ1n) is 6.37. The molecule has 0 aliphatic carbocycles. The Morgan fingerprint density at radius 1 is 1.48 bits per heavy atom. The summed E-state index contributed by atoms with van der Waals surface area (Å²) in [7, 11) is 0. The van der Waals surface area contributed by atoms with E-state index in [0.29, 0.717) is 5.69 Å². The molecule has 1 amide bonds. The number of nitriles is 1. The minimum Gasteiger partial charge on any atom is -0.324 e. The van der Waals surface area contributed by atoms with Gasteiger partial charge in [-0.25, -0.2) is 4.39 Å². The number of amides is 1. The van der Waals surface area contributed by atoms with Gasteiger partial charge in [0.05, 0.1) is 11.8 Å². The molecule has 0 saturated carbocycles. The molecule has 0 saturated heterocycles. The van der Waals surface area contributed by atoms with Crippen molar-refractivity contribution in [1.82, 2.24) is 9.78 Å². The third-order valence-electron chi connectivity index (χ3n) is 3.19. The summed E-state index contributed by atoms with van der Waals surface area (Å²) in [6.07, 6.45) is 3.43. The van der Waals surface area contributed by atoms with Gasteiger partial charge in [0, 0.05) is 11.9 Å². The average Bonchev–Trinajstić information content (AvgIpc) is 2.86. The lowest BCUT2D eigenvalue weighted by molar-refractivity contribution is -0.123. The van der Waals surface area contributed by atoms with Crippen LogP contribution in [0.25, 0.3) is 0 Å². The number of nitrogens with zero attached hydrogens (tertiary/aromatic N) is 3. The van der Waals surface area contributed by atoms with Gasteiger partial charge in [0.2, 0.25) is 0 Å². The van der Waals surface area contributed by atoms with Gasteiger partial charge in [-0.1, -0.05) is 0 Å². The van der Waals surface area contributed by atoms with Crippen molar-refractivity contribution in [2.24, 2.45) is 0 Å². The van der Waals surface area contributed by atoms with Crippen LogP contribution in [0.4, 0.5) is 10.1 Å². The summed E-state index contributed by atoms with van der Waals surface area (Å²) < 4.78 is 15.1. The molecule has 2 aromatic rings.